The molecule has 0 radical (unpaired) electrons. The van der Waals surface area contributed by atoms with E-state index in [1.807, 2.05) is 30.0 Å². The molecule has 3 heteroatoms. The molecular weight excluding hydrogens is 242 g/mol. The molecule has 0 aliphatic carbocycles. The first-order chi connectivity index (χ1) is 8.81. The van der Waals surface area contributed by atoms with Gasteiger partial charge in [0.2, 0.25) is 0 Å². The van der Waals surface area contributed by atoms with Crippen LogP contribution in [0.4, 0.5) is 0 Å². The second-order valence-electron chi connectivity index (χ2n) is 4.56. The highest BCUT2D eigenvalue weighted by Crippen LogP contribution is 2.23. The Morgan fingerprint density at radius 1 is 1.28 bits per heavy atom. The average Bonchev–Trinajstić information content (AvgIpc) is 2.82. The van der Waals surface area contributed by atoms with E-state index in [1.54, 1.807) is 0 Å². The van der Waals surface area contributed by atoms with Gasteiger partial charge in [-0.15, -0.1) is 0 Å². The van der Waals surface area contributed by atoms with Crippen molar-refractivity contribution in [2.45, 2.75) is 25.8 Å². The number of rotatable bonds is 7. The van der Waals surface area contributed by atoms with Crippen molar-refractivity contribution in [1.82, 2.24) is 5.32 Å². The largest absolute Gasteiger partial charge is 0.459 e. The molecule has 0 aliphatic heterocycles. The number of benzene rings is 1. The molecule has 0 spiro atoms. The van der Waals surface area contributed by atoms with Crippen molar-refractivity contribution in [3.63, 3.8) is 0 Å². The zero-order chi connectivity index (χ0) is 12.8. The van der Waals surface area contributed by atoms with Gasteiger partial charge in [-0.1, -0.05) is 18.2 Å². The van der Waals surface area contributed by atoms with Crippen LogP contribution < -0.4 is 5.32 Å². The smallest absolute Gasteiger partial charge is 0.134 e. The Labute approximate surface area is 113 Å². The van der Waals surface area contributed by atoms with Crippen LogP contribution in [0.2, 0.25) is 0 Å². The van der Waals surface area contributed by atoms with Crippen LogP contribution in [0.25, 0.3) is 11.0 Å². The fraction of sp³-hybridized carbons (Fsp3) is 0.467. The number of unbranched alkanes of at least 4 members (excludes halogenated alkanes) is 1. The minimum atomic E-state index is 0.284. The van der Waals surface area contributed by atoms with E-state index in [4.69, 9.17) is 4.42 Å². The number of thioether (sulfide) groups is 1. The fourth-order valence-corrected chi connectivity index (χ4v) is 2.50. The van der Waals surface area contributed by atoms with Crippen molar-refractivity contribution >= 4 is 22.7 Å². The molecule has 18 heavy (non-hydrogen) atoms. The maximum atomic E-state index is 5.84. The molecule has 2 rings (SSSR count). The second kappa shape index (κ2) is 6.86. The summed E-state index contributed by atoms with van der Waals surface area (Å²) in [5.41, 5.74) is 0.975. The summed E-state index contributed by atoms with van der Waals surface area (Å²) < 4.78 is 5.84. The third-order valence-electron chi connectivity index (χ3n) is 3.10. The fourth-order valence-electron chi connectivity index (χ4n) is 2.01. The lowest BCUT2D eigenvalue weighted by atomic mass is 10.2. The summed E-state index contributed by atoms with van der Waals surface area (Å²) in [5.74, 6) is 2.28. The van der Waals surface area contributed by atoms with E-state index in [9.17, 15) is 0 Å². The highest BCUT2D eigenvalue weighted by Gasteiger charge is 2.10. The van der Waals surface area contributed by atoms with Crippen LogP contribution in [0.5, 0.6) is 0 Å². The molecule has 1 aromatic heterocycles. The van der Waals surface area contributed by atoms with Gasteiger partial charge in [-0.2, -0.15) is 11.8 Å². The average molecular weight is 263 g/mol. The quantitative estimate of drug-likeness (QED) is 0.757. The third-order valence-corrected chi connectivity index (χ3v) is 3.79. The van der Waals surface area contributed by atoms with E-state index in [0.29, 0.717) is 0 Å². The molecule has 98 valence electrons. The van der Waals surface area contributed by atoms with Gasteiger partial charge >= 0.3 is 0 Å². The first-order valence-electron chi connectivity index (χ1n) is 6.52. The molecule has 0 bridgehead atoms. The van der Waals surface area contributed by atoms with Crippen LogP contribution in [0.15, 0.2) is 34.7 Å². The molecule has 0 fully saturated rings. The molecule has 1 aromatic carbocycles. The number of furan rings is 1. The van der Waals surface area contributed by atoms with Gasteiger partial charge in [-0.25, -0.2) is 0 Å². The zero-order valence-corrected chi connectivity index (χ0v) is 11.9. The topological polar surface area (TPSA) is 25.2 Å². The minimum absolute atomic E-state index is 0.284. The van der Waals surface area contributed by atoms with Gasteiger partial charge in [-0.05, 0) is 50.5 Å². The Morgan fingerprint density at radius 2 is 2.11 bits per heavy atom. The number of para-hydroxylation sites is 1. The molecule has 1 heterocycles. The van der Waals surface area contributed by atoms with Gasteiger partial charge in [-0.3, -0.25) is 0 Å². The Balaban J connectivity index is 1.86. The summed E-state index contributed by atoms with van der Waals surface area (Å²) in [4.78, 5) is 0. The van der Waals surface area contributed by atoms with Crippen molar-refractivity contribution < 1.29 is 4.42 Å². The predicted octanol–water partition coefficient (Wildman–Crippen LogP) is 4.23. The van der Waals surface area contributed by atoms with E-state index >= 15 is 0 Å². The van der Waals surface area contributed by atoms with Gasteiger partial charge in [0.05, 0.1) is 6.04 Å². The van der Waals surface area contributed by atoms with Gasteiger partial charge in [0.15, 0.2) is 0 Å². The zero-order valence-electron chi connectivity index (χ0n) is 11.1. The molecule has 0 amide bonds. The molecule has 0 aliphatic rings. The summed E-state index contributed by atoms with van der Waals surface area (Å²) in [5, 5.41) is 4.70. The standard InChI is InChI=1S/C15H21NOS/c1-12(16-9-5-6-10-18-2)15-11-13-7-3-4-8-14(13)17-15/h3-4,7-8,11-12,16H,5-6,9-10H2,1-2H3. The van der Waals surface area contributed by atoms with Crippen LogP contribution >= 0.6 is 11.8 Å². The lowest BCUT2D eigenvalue weighted by Gasteiger charge is -2.10. The maximum absolute atomic E-state index is 5.84. The van der Waals surface area contributed by atoms with Gasteiger partial charge < -0.3 is 9.73 Å². The second-order valence-corrected chi connectivity index (χ2v) is 5.55. The Bertz CT molecular complexity index is 447. The molecule has 0 saturated heterocycles. The normalized spacial score (nSPS) is 13.0. The molecule has 2 aromatic rings. The summed E-state index contributed by atoms with van der Waals surface area (Å²) in [6.07, 6.45) is 4.66. The van der Waals surface area contributed by atoms with E-state index < -0.39 is 0 Å². The first kappa shape index (κ1) is 13.5. The van der Waals surface area contributed by atoms with Crippen LogP contribution in [0.3, 0.4) is 0 Å². The summed E-state index contributed by atoms with van der Waals surface area (Å²) in [7, 11) is 0. The van der Waals surface area contributed by atoms with Crippen LogP contribution in [0, 0.1) is 0 Å². The Hall–Kier alpha value is -0.930. The monoisotopic (exact) mass is 263 g/mol. The summed E-state index contributed by atoms with van der Waals surface area (Å²) >= 11 is 1.91. The number of nitrogens with one attached hydrogen (secondary N) is 1. The minimum Gasteiger partial charge on any atom is -0.459 e. The van der Waals surface area contributed by atoms with Gasteiger partial charge in [0.25, 0.3) is 0 Å². The highest BCUT2D eigenvalue weighted by atomic mass is 32.2. The van der Waals surface area contributed by atoms with Crippen LogP contribution in [-0.4, -0.2) is 18.6 Å². The van der Waals surface area contributed by atoms with Crippen molar-refractivity contribution in [2.24, 2.45) is 0 Å². The third kappa shape index (κ3) is 3.53. The van der Waals surface area contributed by atoms with E-state index in [0.717, 1.165) is 17.9 Å². The lowest BCUT2D eigenvalue weighted by molar-refractivity contribution is 0.448. The highest BCUT2D eigenvalue weighted by molar-refractivity contribution is 7.98. The van der Waals surface area contributed by atoms with Crippen LogP contribution in [0.1, 0.15) is 31.6 Å². The van der Waals surface area contributed by atoms with E-state index in [-0.39, 0.29) is 6.04 Å². The SMILES string of the molecule is CSCCCCNC(C)c1cc2ccccc2o1. The maximum Gasteiger partial charge on any atom is 0.134 e. The molecule has 1 N–H and O–H groups in total. The van der Waals surface area contributed by atoms with Crippen LogP contribution in [-0.2, 0) is 0 Å². The molecular formula is C15H21NOS. The van der Waals surface area contributed by atoms with E-state index in [1.165, 1.54) is 24.0 Å². The van der Waals surface area contributed by atoms with Crippen molar-refractivity contribution in [1.29, 1.82) is 0 Å². The summed E-state index contributed by atoms with van der Waals surface area (Å²) in [6.45, 7) is 3.21. The van der Waals surface area contributed by atoms with Gasteiger partial charge in [0, 0.05) is 5.39 Å². The number of fused-ring (bicyclic) bond motifs is 1. The lowest BCUT2D eigenvalue weighted by Crippen LogP contribution is -2.19. The Morgan fingerprint density at radius 3 is 2.89 bits per heavy atom. The molecule has 1 unspecified atom stereocenters. The van der Waals surface area contributed by atoms with Gasteiger partial charge in [0.1, 0.15) is 11.3 Å². The van der Waals surface area contributed by atoms with Crippen molar-refractivity contribution in [3.8, 4) is 0 Å². The van der Waals surface area contributed by atoms with Crippen molar-refractivity contribution in [3.05, 3.63) is 36.1 Å². The van der Waals surface area contributed by atoms with Crippen molar-refractivity contribution in [2.75, 3.05) is 18.6 Å². The summed E-state index contributed by atoms with van der Waals surface area (Å²) in [6, 6.07) is 10.6. The molecule has 0 saturated carbocycles. The first-order valence-corrected chi connectivity index (χ1v) is 7.91. The predicted molar refractivity (Wildman–Crippen MR) is 80.2 cm³/mol. The number of hydrogen-bond acceptors (Lipinski definition) is 3. The number of hydrogen-bond donors (Lipinski definition) is 1. The molecule has 2 nitrogen and oxygen atoms in total. The van der Waals surface area contributed by atoms with E-state index in [2.05, 4.69) is 30.6 Å². The molecule has 1 atom stereocenters. The Kier molecular flexibility index (Phi) is 5.14.